The maximum atomic E-state index is 13.9. The molecule has 0 amide bonds. The Labute approximate surface area is 101 Å². The molecule has 1 aliphatic carbocycles. The van der Waals surface area contributed by atoms with Crippen LogP contribution in [-0.4, -0.2) is 0 Å². The summed E-state index contributed by atoms with van der Waals surface area (Å²) < 4.78 is 27.3. The lowest BCUT2D eigenvalue weighted by molar-refractivity contribution is 0.282. The summed E-state index contributed by atoms with van der Waals surface area (Å²) in [4.78, 5) is 0. The molecule has 1 aromatic carbocycles. The van der Waals surface area contributed by atoms with Gasteiger partial charge in [0.15, 0.2) is 11.6 Å². The van der Waals surface area contributed by atoms with Crippen molar-refractivity contribution in [2.45, 2.75) is 43.9 Å². The Hall–Kier alpha value is -1.18. The lowest BCUT2D eigenvalue weighted by atomic mass is 9.67. The van der Waals surface area contributed by atoms with E-state index in [1.54, 1.807) is 12.1 Å². The van der Waals surface area contributed by atoms with Crippen LogP contribution < -0.4 is 0 Å². The molecule has 17 heavy (non-hydrogen) atoms. The molecule has 0 nitrogen and oxygen atoms in total. The van der Waals surface area contributed by atoms with Crippen molar-refractivity contribution >= 4 is 0 Å². The van der Waals surface area contributed by atoms with Crippen molar-refractivity contribution < 1.29 is 8.78 Å². The van der Waals surface area contributed by atoms with Crippen LogP contribution >= 0.6 is 0 Å². The molecular formula is C15H18F2. The molecule has 0 heterocycles. The lowest BCUT2D eigenvalue weighted by Gasteiger charge is -2.37. The van der Waals surface area contributed by atoms with E-state index in [1.807, 2.05) is 6.08 Å². The van der Waals surface area contributed by atoms with E-state index in [0.29, 0.717) is 5.56 Å². The first-order chi connectivity index (χ1) is 8.19. The first-order valence-corrected chi connectivity index (χ1v) is 6.25. The van der Waals surface area contributed by atoms with E-state index in [2.05, 4.69) is 6.58 Å². The van der Waals surface area contributed by atoms with Crippen molar-refractivity contribution in [1.29, 1.82) is 0 Å². The molecule has 0 radical (unpaired) electrons. The van der Waals surface area contributed by atoms with Gasteiger partial charge in [-0.2, -0.15) is 0 Å². The van der Waals surface area contributed by atoms with Gasteiger partial charge in [-0.15, -0.1) is 6.58 Å². The minimum Gasteiger partial charge on any atom is -0.204 e. The van der Waals surface area contributed by atoms with Gasteiger partial charge >= 0.3 is 0 Å². The van der Waals surface area contributed by atoms with Crippen LogP contribution in [0, 0.1) is 11.6 Å². The van der Waals surface area contributed by atoms with Crippen LogP contribution in [0.2, 0.25) is 0 Å². The van der Waals surface area contributed by atoms with Gasteiger partial charge in [-0.25, -0.2) is 8.78 Å². The number of benzene rings is 1. The van der Waals surface area contributed by atoms with E-state index in [-0.39, 0.29) is 5.41 Å². The Kier molecular flexibility index (Phi) is 3.60. The quantitative estimate of drug-likeness (QED) is 0.665. The topological polar surface area (TPSA) is 0 Å². The molecule has 92 valence electrons. The summed E-state index contributed by atoms with van der Waals surface area (Å²) in [6.45, 7) is 3.76. The standard InChI is InChI=1S/C15H18F2/c1-2-9-15(10-4-3-5-11-15)12-7-6-8-13(16)14(12)17/h2,6-8H,1,3-5,9-11H2. The molecule has 0 spiro atoms. The number of halogens is 2. The van der Waals surface area contributed by atoms with E-state index >= 15 is 0 Å². The van der Waals surface area contributed by atoms with Gasteiger partial charge in [-0.1, -0.05) is 37.5 Å². The molecular weight excluding hydrogens is 218 g/mol. The Balaban J connectivity index is 2.44. The highest BCUT2D eigenvalue weighted by molar-refractivity contribution is 5.29. The highest BCUT2D eigenvalue weighted by Crippen LogP contribution is 2.43. The zero-order chi connectivity index (χ0) is 12.3. The fourth-order valence-electron chi connectivity index (χ4n) is 3.00. The van der Waals surface area contributed by atoms with Crippen molar-refractivity contribution in [3.05, 3.63) is 48.1 Å². The number of rotatable bonds is 3. The number of hydrogen-bond acceptors (Lipinski definition) is 0. The molecule has 1 fully saturated rings. The average Bonchev–Trinajstić information content (AvgIpc) is 2.34. The van der Waals surface area contributed by atoms with Crippen molar-refractivity contribution in [2.75, 3.05) is 0 Å². The third-order valence-electron chi connectivity index (χ3n) is 3.87. The second-order valence-corrected chi connectivity index (χ2v) is 4.94. The van der Waals surface area contributed by atoms with Crippen molar-refractivity contribution in [1.82, 2.24) is 0 Å². The van der Waals surface area contributed by atoms with E-state index in [1.165, 1.54) is 12.5 Å². The summed E-state index contributed by atoms with van der Waals surface area (Å²) in [7, 11) is 0. The Morgan fingerprint density at radius 2 is 1.88 bits per heavy atom. The van der Waals surface area contributed by atoms with E-state index in [9.17, 15) is 8.78 Å². The van der Waals surface area contributed by atoms with Crippen molar-refractivity contribution in [3.8, 4) is 0 Å². The van der Waals surface area contributed by atoms with Crippen LogP contribution in [0.25, 0.3) is 0 Å². The number of hydrogen-bond donors (Lipinski definition) is 0. The first-order valence-electron chi connectivity index (χ1n) is 6.25. The summed E-state index contributed by atoms with van der Waals surface area (Å²) >= 11 is 0. The zero-order valence-corrected chi connectivity index (χ0v) is 10.0. The second kappa shape index (κ2) is 4.99. The minimum absolute atomic E-state index is 0.230. The van der Waals surface area contributed by atoms with Crippen LogP contribution in [0.15, 0.2) is 30.9 Å². The van der Waals surface area contributed by atoms with Crippen LogP contribution in [0.1, 0.15) is 44.1 Å². The third-order valence-corrected chi connectivity index (χ3v) is 3.87. The van der Waals surface area contributed by atoms with Gasteiger partial charge in [0, 0.05) is 5.41 Å². The molecule has 1 aliphatic rings. The molecule has 1 aromatic rings. The first kappa shape index (κ1) is 12.3. The molecule has 0 unspecified atom stereocenters. The Morgan fingerprint density at radius 3 is 2.53 bits per heavy atom. The fourth-order valence-corrected chi connectivity index (χ4v) is 3.00. The molecule has 1 saturated carbocycles. The van der Waals surface area contributed by atoms with Gasteiger partial charge < -0.3 is 0 Å². The third kappa shape index (κ3) is 2.26. The highest BCUT2D eigenvalue weighted by Gasteiger charge is 2.35. The second-order valence-electron chi connectivity index (χ2n) is 4.94. The monoisotopic (exact) mass is 236 g/mol. The largest absolute Gasteiger partial charge is 0.204 e. The summed E-state index contributed by atoms with van der Waals surface area (Å²) in [6, 6.07) is 4.52. The predicted octanol–water partition coefficient (Wildman–Crippen LogP) is 4.74. The number of allylic oxidation sites excluding steroid dienone is 1. The van der Waals surface area contributed by atoms with Gasteiger partial charge in [0.25, 0.3) is 0 Å². The van der Waals surface area contributed by atoms with Crippen LogP contribution in [0.5, 0.6) is 0 Å². The van der Waals surface area contributed by atoms with Crippen LogP contribution in [0.4, 0.5) is 8.78 Å². The predicted molar refractivity (Wildman–Crippen MR) is 65.9 cm³/mol. The van der Waals surface area contributed by atoms with E-state index in [4.69, 9.17) is 0 Å². The summed E-state index contributed by atoms with van der Waals surface area (Å²) in [6.07, 6.45) is 7.78. The zero-order valence-electron chi connectivity index (χ0n) is 10.0. The Bertz CT molecular complexity index is 403. The fraction of sp³-hybridized carbons (Fsp3) is 0.467. The molecule has 2 rings (SSSR count). The van der Waals surface area contributed by atoms with Gasteiger partial charge in [-0.3, -0.25) is 0 Å². The van der Waals surface area contributed by atoms with Crippen LogP contribution in [-0.2, 0) is 5.41 Å². The molecule has 2 heteroatoms. The van der Waals surface area contributed by atoms with Gasteiger partial charge in [-0.05, 0) is 30.9 Å². The molecule has 0 saturated heterocycles. The highest BCUT2D eigenvalue weighted by atomic mass is 19.2. The van der Waals surface area contributed by atoms with Gasteiger partial charge in [0.2, 0.25) is 0 Å². The van der Waals surface area contributed by atoms with E-state index < -0.39 is 11.6 Å². The SMILES string of the molecule is C=CCC1(c2cccc(F)c2F)CCCCC1. The van der Waals surface area contributed by atoms with E-state index in [0.717, 1.165) is 32.1 Å². The van der Waals surface area contributed by atoms with Gasteiger partial charge in [0.05, 0.1) is 0 Å². The van der Waals surface area contributed by atoms with Crippen LogP contribution in [0.3, 0.4) is 0 Å². The normalized spacial score (nSPS) is 18.9. The molecule has 0 atom stereocenters. The summed E-state index contributed by atoms with van der Waals surface area (Å²) in [5.41, 5.74) is 0.309. The molecule has 0 bridgehead atoms. The molecule has 0 aromatic heterocycles. The maximum Gasteiger partial charge on any atom is 0.162 e. The minimum atomic E-state index is -0.739. The molecule has 0 aliphatic heterocycles. The average molecular weight is 236 g/mol. The molecule has 0 N–H and O–H groups in total. The smallest absolute Gasteiger partial charge is 0.162 e. The maximum absolute atomic E-state index is 13.9. The lowest BCUT2D eigenvalue weighted by Crippen LogP contribution is -2.30. The summed E-state index contributed by atoms with van der Waals surface area (Å²) in [5, 5.41) is 0. The van der Waals surface area contributed by atoms with Crippen molar-refractivity contribution in [2.24, 2.45) is 0 Å². The van der Waals surface area contributed by atoms with Gasteiger partial charge in [0.1, 0.15) is 0 Å². The van der Waals surface area contributed by atoms with Crippen molar-refractivity contribution in [3.63, 3.8) is 0 Å². The Morgan fingerprint density at radius 1 is 1.18 bits per heavy atom. The summed E-state index contributed by atoms with van der Waals surface area (Å²) in [5.74, 6) is -1.41.